The van der Waals surface area contributed by atoms with Crippen molar-refractivity contribution < 1.29 is 0 Å². The van der Waals surface area contributed by atoms with Gasteiger partial charge in [0, 0.05) is 0 Å². The molecule has 0 N–H and O–H groups in total. The molecule has 1 atom stereocenters. The molecule has 2 aliphatic rings. The third-order valence-electron chi connectivity index (χ3n) is 3.74. The maximum absolute atomic E-state index is 2.34. The van der Waals surface area contributed by atoms with Crippen LogP contribution in [0, 0.1) is 11.8 Å². The fourth-order valence-electron chi connectivity index (χ4n) is 2.52. The second-order valence-electron chi connectivity index (χ2n) is 4.72. The van der Waals surface area contributed by atoms with E-state index in [1.165, 1.54) is 25.7 Å². The van der Waals surface area contributed by atoms with Gasteiger partial charge in [-0.3, -0.25) is 0 Å². The maximum Gasteiger partial charge on any atom is -0.0131 e. The molecule has 0 heterocycles. The molecule has 0 aromatic carbocycles. The van der Waals surface area contributed by atoms with Crippen molar-refractivity contribution in [2.45, 2.75) is 46.5 Å². The smallest absolute Gasteiger partial charge is 0.0131 e. The van der Waals surface area contributed by atoms with Crippen molar-refractivity contribution >= 4 is 0 Å². The van der Waals surface area contributed by atoms with Crippen molar-refractivity contribution in [3.8, 4) is 0 Å². The summed E-state index contributed by atoms with van der Waals surface area (Å²) in [5.41, 5.74) is 5.11. The van der Waals surface area contributed by atoms with Crippen LogP contribution in [0.2, 0.25) is 0 Å². The van der Waals surface area contributed by atoms with E-state index in [2.05, 4.69) is 26.8 Å². The van der Waals surface area contributed by atoms with E-state index in [0.29, 0.717) is 0 Å². The third kappa shape index (κ3) is 1.72. The summed E-state index contributed by atoms with van der Waals surface area (Å²) in [6.07, 6.45) is 7.92. The highest BCUT2D eigenvalue weighted by Gasteiger charge is 2.33. The lowest BCUT2D eigenvalue weighted by Gasteiger charge is -2.10. The molecule has 0 aromatic rings. The Morgan fingerprint density at radius 3 is 2.54 bits per heavy atom. The summed E-state index contributed by atoms with van der Waals surface area (Å²) in [7, 11) is 0. The summed E-state index contributed by atoms with van der Waals surface area (Å²) in [5, 5.41) is 0. The van der Waals surface area contributed by atoms with E-state index in [0.717, 1.165) is 11.8 Å². The topological polar surface area (TPSA) is 0 Å². The second kappa shape index (κ2) is 3.32. The molecule has 1 unspecified atom stereocenters. The predicted molar refractivity (Wildman–Crippen MR) is 57.6 cm³/mol. The summed E-state index contributed by atoms with van der Waals surface area (Å²) >= 11 is 0. The molecular weight excluding hydrogens is 156 g/mol. The van der Waals surface area contributed by atoms with E-state index < -0.39 is 0 Å². The molecule has 0 bridgehead atoms. The Morgan fingerprint density at radius 2 is 2.00 bits per heavy atom. The zero-order valence-corrected chi connectivity index (χ0v) is 9.06. The Balaban J connectivity index is 2.04. The minimum absolute atomic E-state index is 0.848. The van der Waals surface area contributed by atoms with Crippen LogP contribution in [0.3, 0.4) is 0 Å². The van der Waals surface area contributed by atoms with Crippen LogP contribution >= 0.6 is 0 Å². The molecule has 1 fully saturated rings. The van der Waals surface area contributed by atoms with Crippen molar-refractivity contribution in [3.63, 3.8) is 0 Å². The quantitative estimate of drug-likeness (QED) is 0.556. The third-order valence-corrected chi connectivity index (χ3v) is 3.74. The molecule has 2 rings (SSSR count). The van der Waals surface area contributed by atoms with Gasteiger partial charge in [-0.15, -0.1) is 0 Å². The van der Waals surface area contributed by atoms with Crippen LogP contribution in [-0.4, -0.2) is 0 Å². The zero-order valence-electron chi connectivity index (χ0n) is 9.06. The maximum atomic E-state index is 2.34. The zero-order chi connectivity index (χ0) is 9.42. The molecule has 72 valence electrons. The van der Waals surface area contributed by atoms with E-state index in [4.69, 9.17) is 0 Å². The first-order chi connectivity index (χ1) is 6.22. The van der Waals surface area contributed by atoms with Crippen LogP contribution in [0.15, 0.2) is 22.8 Å². The fraction of sp³-hybridized carbons (Fsp3) is 0.692. The van der Waals surface area contributed by atoms with Gasteiger partial charge < -0.3 is 0 Å². The van der Waals surface area contributed by atoms with Gasteiger partial charge in [0.05, 0.1) is 0 Å². The molecule has 0 saturated heterocycles. The Hall–Kier alpha value is -0.520. The Kier molecular flexibility index (Phi) is 2.31. The molecule has 0 heteroatoms. The lowest BCUT2D eigenvalue weighted by molar-refractivity contribution is 0.639. The van der Waals surface area contributed by atoms with Gasteiger partial charge in [-0.05, 0) is 58.3 Å². The average Bonchev–Trinajstić information content (AvgIpc) is 2.89. The molecule has 0 aliphatic heterocycles. The van der Waals surface area contributed by atoms with E-state index in [-0.39, 0.29) is 0 Å². The molecule has 0 spiro atoms. The second-order valence-corrected chi connectivity index (χ2v) is 4.72. The number of allylic oxidation sites excluding steroid dienone is 4. The molecule has 0 amide bonds. The van der Waals surface area contributed by atoms with Crippen LogP contribution in [0.4, 0.5) is 0 Å². The van der Waals surface area contributed by atoms with Gasteiger partial charge >= 0.3 is 0 Å². The molecule has 0 nitrogen and oxygen atoms in total. The predicted octanol–water partition coefficient (Wildman–Crippen LogP) is 4.09. The van der Waals surface area contributed by atoms with Crippen LogP contribution in [0.5, 0.6) is 0 Å². The minimum Gasteiger partial charge on any atom is -0.0884 e. The van der Waals surface area contributed by atoms with E-state index in [1.807, 2.05) is 5.57 Å². The normalized spacial score (nSPS) is 30.1. The number of hydrogen-bond donors (Lipinski definition) is 0. The van der Waals surface area contributed by atoms with Gasteiger partial charge in [0.2, 0.25) is 0 Å². The van der Waals surface area contributed by atoms with Crippen LogP contribution < -0.4 is 0 Å². The van der Waals surface area contributed by atoms with Gasteiger partial charge in [0.15, 0.2) is 0 Å². The van der Waals surface area contributed by atoms with Gasteiger partial charge in [-0.2, -0.15) is 0 Å². The highest BCUT2D eigenvalue weighted by Crippen LogP contribution is 2.47. The first-order valence-corrected chi connectivity index (χ1v) is 5.53. The average molecular weight is 176 g/mol. The summed E-state index contributed by atoms with van der Waals surface area (Å²) in [5.74, 6) is 1.84. The first kappa shape index (κ1) is 9.05. The van der Waals surface area contributed by atoms with E-state index >= 15 is 0 Å². The van der Waals surface area contributed by atoms with Crippen molar-refractivity contribution in [2.24, 2.45) is 11.8 Å². The Bertz CT molecular complexity index is 264. The van der Waals surface area contributed by atoms with Gasteiger partial charge in [-0.25, -0.2) is 0 Å². The summed E-state index contributed by atoms with van der Waals surface area (Å²) in [6.45, 7) is 6.80. The fourth-order valence-corrected chi connectivity index (χ4v) is 2.52. The molecule has 1 saturated carbocycles. The molecule has 0 radical (unpaired) electrons. The first-order valence-electron chi connectivity index (χ1n) is 5.53. The molecule has 0 aromatic heterocycles. The van der Waals surface area contributed by atoms with Crippen molar-refractivity contribution in [1.82, 2.24) is 0 Å². The van der Waals surface area contributed by atoms with E-state index in [1.54, 1.807) is 11.1 Å². The largest absolute Gasteiger partial charge is 0.0884 e. The Labute approximate surface area is 81.7 Å². The molecular formula is C13H20. The van der Waals surface area contributed by atoms with Gasteiger partial charge in [0.25, 0.3) is 0 Å². The van der Waals surface area contributed by atoms with Crippen molar-refractivity contribution in [3.05, 3.63) is 22.8 Å². The summed E-state index contributed by atoms with van der Waals surface area (Å²) in [6, 6.07) is 0. The van der Waals surface area contributed by atoms with Crippen LogP contribution in [0.1, 0.15) is 46.5 Å². The standard InChI is InChI=1S/C13H20/c1-4-9(2)12-7-10(3)13(8-12)11-5-6-11/h4,11-12H,5-8H2,1-3H3/b9-4+. The Morgan fingerprint density at radius 1 is 1.31 bits per heavy atom. The SMILES string of the molecule is C/C=C(\C)C1CC(C)=C(C2CC2)C1. The summed E-state index contributed by atoms with van der Waals surface area (Å²) in [4.78, 5) is 0. The monoisotopic (exact) mass is 176 g/mol. The number of rotatable bonds is 2. The highest BCUT2D eigenvalue weighted by atomic mass is 14.4. The van der Waals surface area contributed by atoms with Crippen LogP contribution in [-0.2, 0) is 0 Å². The van der Waals surface area contributed by atoms with Crippen molar-refractivity contribution in [1.29, 1.82) is 0 Å². The van der Waals surface area contributed by atoms with Gasteiger partial charge in [0.1, 0.15) is 0 Å². The van der Waals surface area contributed by atoms with Crippen LogP contribution in [0.25, 0.3) is 0 Å². The lowest BCUT2D eigenvalue weighted by Crippen LogP contribution is -1.96. The number of hydrogen-bond acceptors (Lipinski definition) is 0. The van der Waals surface area contributed by atoms with E-state index in [9.17, 15) is 0 Å². The summed E-state index contributed by atoms with van der Waals surface area (Å²) < 4.78 is 0. The van der Waals surface area contributed by atoms with Crippen molar-refractivity contribution in [2.75, 3.05) is 0 Å². The molecule has 2 aliphatic carbocycles. The lowest BCUT2D eigenvalue weighted by atomic mass is 9.95. The molecule has 13 heavy (non-hydrogen) atoms. The van der Waals surface area contributed by atoms with Gasteiger partial charge in [-0.1, -0.05) is 22.8 Å². The highest BCUT2D eigenvalue weighted by molar-refractivity contribution is 5.29. The minimum atomic E-state index is 0.848.